The highest BCUT2D eigenvalue weighted by atomic mass is 16.1. The summed E-state index contributed by atoms with van der Waals surface area (Å²) in [5, 5.41) is 9.96. The molecule has 0 bridgehead atoms. The molecule has 3 N–H and O–H groups in total. The van der Waals surface area contributed by atoms with Crippen molar-refractivity contribution < 1.29 is 4.79 Å². The molecule has 0 saturated heterocycles. The lowest BCUT2D eigenvalue weighted by Gasteiger charge is -2.25. The minimum atomic E-state index is 0.0572. The van der Waals surface area contributed by atoms with Crippen molar-refractivity contribution in [2.24, 2.45) is 5.92 Å². The fraction of sp³-hybridized carbons (Fsp3) is 0.588. The van der Waals surface area contributed by atoms with Crippen LogP contribution in [0.25, 0.3) is 0 Å². The van der Waals surface area contributed by atoms with Gasteiger partial charge in [0.2, 0.25) is 0 Å². The van der Waals surface area contributed by atoms with E-state index in [2.05, 4.69) is 22.9 Å². The van der Waals surface area contributed by atoms with E-state index in [-0.39, 0.29) is 5.91 Å². The molecule has 0 aromatic heterocycles. The van der Waals surface area contributed by atoms with Crippen molar-refractivity contribution in [1.29, 1.82) is 0 Å². The maximum atomic E-state index is 12.7. The fourth-order valence-electron chi connectivity index (χ4n) is 3.42. The SMILES string of the molecule is CC1CCCCCC1NC(=O)c1cccc2c1NCCN2. The Balaban J connectivity index is 1.76. The van der Waals surface area contributed by atoms with Gasteiger partial charge in [-0.05, 0) is 30.9 Å². The average Bonchev–Trinajstić information content (AvgIpc) is 2.71. The van der Waals surface area contributed by atoms with Crippen molar-refractivity contribution in [3.63, 3.8) is 0 Å². The van der Waals surface area contributed by atoms with Crippen LogP contribution in [0, 0.1) is 5.92 Å². The van der Waals surface area contributed by atoms with Gasteiger partial charge in [0.25, 0.3) is 5.91 Å². The highest BCUT2D eigenvalue weighted by Gasteiger charge is 2.24. The van der Waals surface area contributed by atoms with Gasteiger partial charge in [0, 0.05) is 19.1 Å². The third-order valence-corrected chi connectivity index (χ3v) is 4.73. The molecule has 1 heterocycles. The summed E-state index contributed by atoms with van der Waals surface area (Å²) in [7, 11) is 0. The van der Waals surface area contributed by atoms with Gasteiger partial charge < -0.3 is 16.0 Å². The Kier molecular flexibility index (Phi) is 4.32. The fourth-order valence-corrected chi connectivity index (χ4v) is 3.42. The summed E-state index contributed by atoms with van der Waals surface area (Å²) in [6.07, 6.45) is 6.13. The largest absolute Gasteiger partial charge is 0.382 e. The molecule has 1 amide bonds. The number of hydrogen-bond donors (Lipinski definition) is 3. The molecule has 1 fully saturated rings. The zero-order valence-electron chi connectivity index (χ0n) is 12.7. The molecule has 2 aliphatic rings. The van der Waals surface area contributed by atoms with Crippen molar-refractivity contribution in [3.8, 4) is 0 Å². The maximum absolute atomic E-state index is 12.7. The molecule has 2 atom stereocenters. The van der Waals surface area contributed by atoms with Gasteiger partial charge >= 0.3 is 0 Å². The van der Waals surface area contributed by atoms with Crippen LogP contribution >= 0.6 is 0 Å². The molecule has 1 aromatic rings. The van der Waals surface area contributed by atoms with Crippen molar-refractivity contribution in [2.45, 2.75) is 45.1 Å². The van der Waals surface area contributed by atoms with E-state index in [9.17, 15) is 4.79 Å². The Labute approximate surface area is 126 Å². The monoisotopic (exact) mass is 287 g/mol. The smallest absolute Gasteiger partial charge is 0.253 e. The van der Waals surface area contributed by atoms with Crippen LogP contribution in [0.4, 0.5) is 11.4 Å². The highest BCUT2D eigenvalue weighted by Crippen LogP contribution is 2.29. The summed E-state index contributed by atoms with van der Waals surface area (Å²) >= 11 is 0. The van der Waals surface area contributed by atoms with E-state index in [0.717, 1.165) is 36.4 Å². The summed E-state index contributed by atoms with van der Waals surface area (Å²) < 4.78 is 0. The van der Waals surface area contributed by atoms with Crippen molar-refractivity contribution >= 4 is 17.3 Å². The van der Waals surface area contributed by atoms with Crippen LogP contribution in [0.3, 0.4) is 0 Å². The second-order valence-electron chi connectivity index (χ2n) is 6.28. The Morgan fingerprint density at radius 1 is 1.14 bits per heavy atom. The molecule has 1 aliphatic heterocycles. The molecule has 0 radical (unpaired) electrons. The lowest BCUT2D eigenvalue weighted by Crippen LogP contribution is -2.39. The van der Waals surface area contributed by atoms with Gasteiger partial charge in [-0.3, -0.25) is 4.79 Å². The van der Waals surface area contributed by atoms with Crippen LogP contribution in [-0.4, -0.2) is 25.0 Å². The van der Waals surface area contributed by atoms with Crippen LogP contribution in [0.1, 0.15) is 49.4 Å². The first kappa shape index (κ1) is 14.2. The third-order valence-electron chi connectivity index (χ3n) is 4.73. The standard InChI is InChI=1S/C17H25N3O/c1-12-6-3-2-4-8-14(12)20-17(21)13-7-5-9-15-16(13)19-11-10-18-15/h5,7,9,12,14,18-19H,2-4,6,8,10-11H2,1H3,(H,20,21). The van der Waals surface area contributed by atoms with E-state index in [1.54, 1.807) is 0 Å². The van der Waals surface area contributed by atoms with Crippen LogP contribution in [0.5, 0.6) is 0 Å². The summed E-state index contributed by atoms with van der Waals surface area (Å²) in [5.41, 5.74) is 2.74. The van der Waals surface area contributed by atoms with Gasteiger partial charge in [0.1, 0.15) is 0 Å². The van der Waals surface area contributed by atoms with E-state index in [0.29, 0.717) is 12.0 Å². The molecule has 1 saturated carbocycles. The van der Waals surface area contributed by atoms with Gasteiger partial charge in [-0.2, -0.15) is 0 Å². The van der Waals surface area contributed by atoms with Gasteiger partial charge in [0.15, 0.2) is 0 Å². The van der Waals surface area contributed by atoms with E-state index in [4.69, 9.17) is 0 Å². The third kappa shape index (κ3) is 3.14. The zero-order chi connectivity index (χ0) is 14.7. The second kappa shape index (κ2) is 6.37. The molecular weight excluding hydrogens is 262 g/mol. The van der Waals surface area contributed by atoms with E-state index < -0.39 is 0 Å². The summed E-state index contributed by atoms with van der Waals surface area (Å²) in [5.74, 6) is 0.629. The number of benzene rings is 1. The molecule has 4 heteroatoms. The first-order valence-corrected chi connectivity index (χ1v) is 8.17. The topological polar surface area (TPSA) is 53.2 Å². The maximum Gasteiger partial charge on any atom is 0.253 e. The highest BCUT2D eigenvalue weighted by molar-refractivity contribution is 6.02. The lowest BCUT2D eigenvalue weighted by molar-refractivity contribution is 0.0922. The number of amides is 1. The molecule has 2 unspecified atom stereocenters. The first-order chi connectivity index (χ1) is 10.3. The normalized spacial score (nSPS) is 25.0. The molecule has 21 heavy (non-hydrogen) atoms. The molecule has 0 spiro atoms. The summed E-state index contributed by atoms with van der Waals surface area (Å²) in [4.78, 5) is 12.7. The first-order valence-electron chi connectivity index (χ1n) is 8.17. The zero-order valence-corrected chi connectivity index (χ0v) is 12.7. The quantitative estimate of drug-likeness (QED) is 0.732. The predicted octanol–water partition coefficient (Wildman–Crippen LogP) is 3.22. The Morgan fingerprint density at radius 2 is 1.95 bits per heavy atom. The van der Waals surface area contributed by atoms with Gasteiger partial charge in [-0.1, -0.05) is 32.3 Å². The predicted molar refractivity (Wildman–Crippen MR) is 86.9 cm³/mol. The second-order valence-corrected chi connectivity index (χ2v) is 6.28. The van der Waals surface area contributed by atoms with Gasteiger partial charge in [0.05, 0.1) is 16.9 Å². The molecular formula is C17H25N3O. The number of para-hydroxylation sites is 1. The minimum Gasteiger partial charge on any atom is -0.382 e. The van der Waals surface area contributed by atoms with Crippen molar-refractivity contribution in [1.82, 2.24) is 5.32 Å². The van der Waals surface area contributed by atoms with Crippen molar-refractivity contribution in [2.75, 3.05) is 23.7 Å². The number of fused-ring (bicyclic) bond motifs is 1. The van der Waals surface area contributed by atoms with Crippen LogP contribution in [-0.2, 0) is 0 Å². The number of nitrogens with one attached hydrogen (secondary N) is 3. The lowest BCUT2D eigenvalue weighted by atomic mass is 9.96. The number of hydrogen-bond acceptors (Lipinski definition) is 3. The molecule has 1 aliphatic carbocycles. The summed E-state index contributed by atoms with van der Waals surface area (Å²) in [6.45, 7) is 4.02. The number of carbonyl (C=O) groups excluding carboxylic acids is 1. The number of anilines is 2. The molecule has 3 rings (SSSR count). The Bertz CT molecular complexity index is 515. The van der Waals surface area contributed by atoms with Crippen LogP contribution < -0.4 is 16.0 Å². The van der Waals surface area contributed by atoms with E-state index >= 15 is 0 Å². The summed E-state index contributed by atoms with van der Waals surface area (Å²) in [6, 6.07) is 6.19. The van der Waals surface area contributed by atoms with Gasteiger partial charge in [-0.25, -0.2) is 0 Å². The van der Waals surface area contributed by atoms with E-state index in [1.807, 2.05) is 18.2 Å². The Hall–Kier alpha value is -1.71. The van der Waals surface area contributed by atoms with Crippen molar-refractivity contribution in [3.05, 3.63) is 23.8 Å². The van der Waals surface area contributed by atoms with Crippen LogP contribution in [0.15, 0.2) is 18.2 Å². The molecule has 4 nitrogen and oxygen atoms in total. The average molecular weight is 287 g/mol. The molecule has 1 aromatic carbocycles. The number of carbonyl (C=O) groups is 1. The molecule has 114 valence electrons. The van der Waals surface area contributed by atoms with Crippen LogP contribution in [0.2, 0.25) is 0 Å². The Morgan fingerprint density at radius 3 is 2.86 bits per heavy atom. The number of rotatable bonds is 2. The minimum absolute atomic E-state index is 0.0572. The van der Waals surface area contributed by atoms with E-state index in [1.165, 1.54) is 25.7 Å². The van der Waals surface area contributed by atoms with Gasteiger partial charge in [-0.15, -0.1) is 0 Å².